The molecule has 0 bridgehead atoms. The number of rotatable bonds is 2. The van der Waals surface area contributed by atoms with Crippen molar-refractivity contribution in [1.29, 1.82) is 0 Å². The minimum Gasteiger partial charge on any atom is -0.496 e. The molecule has 0 atom stereocenters. The van der Waals surface area contributed by atoms with E-state index >= 15 is 0 Å². The number of hydrogen-bond acceptors (Lipinski definition) is 2. The van der Waals surface area contributed by atoms with E-state index in [1.807, 2.05) is 31.2 Å². The highest BCUT2D eigenvalue weighted by molar-refractivity contribution is 14.1. The van der Waals surface area contributed by atoms with Gasteiger partial charge >= 0.3 is 0 Å². The molecule has 0 fully saturated rings. The van der Waals surface area contributed by atoms with Crippen molar-refractivity contribution in [3.05, 3.63) is 33.7 Å². The van der Waals surface area contributed by atoms with E-state index in [0.717, 1.165) is 26.3 Å². The van der Waals surface area contributed by atoms with Crippen LogP contribution in [-0.4, -0.2) is 17.3 Å². The second-order valence-electron chi connectivity index (χ2n) is 3.21. The minimum absolute atomic E-state index is 0.875. The quantitative estimate of drug-likeness (QED) is 0.866. The summed E-state index contributed by atoms with van der Waals surface area (Å²) in [5.74, 6) is 0.875. The van der Waals surface area contributed by atoms with Crippen LogP contribution in [0.15, 0.2) is 24.3 Å². The van der Waals surface area contributed by atoms with Crippen LogP contribution in [-0.2, 0) is 0 Å². The molecule has 2 rings (SSSR count). The first-order chi connectivity index (χ1) is 7.24. The first-order valence-electron chi connectivity index (χ1n) is 4.58. The van der Waals surface area contributed by atoms with Gasteiger partial charge in [-0.15, -0.1) is 0 Å². The molecule has 15 heavy (non-hydrogen) atoms. The predicted octanol–water partition coefficient (Wildman–Crippen LogP) is 3.00. The summed E-state index contributed by atoms with van der Waals surface area (Å²) in [7, 11) is 1.68. The van der Waals surface area contributed by atoms with E-state index in [1.165, 1.54) is 0 Å². The number of hydrogen-bond donors (Lipinski definition) is 1. The number of aryl methyl sites for hydroxylation is 1. The average molecular weight is 314 g/mol. The monoisotopic (exact) mass is 314 g/mol. The van der Waals surface area contributed by atoms with Crippen molar-refractivity contribution >= 4 is 22.6 Å². The van der Waals surface area contributed by atoms with Gasteiger partial charge in [0.15, 0.2) is 0 Å². The Bertz CT molecular complexity index is 460. The largest absolute Gasteiger partial charge is 0.496 e. The van der Waals surface area contributed by atoms with Gasteiger partial charge in [-0.25, -0.2) is 0 Å². The molecule has 78 valence electrons. The molecule has 3 nitrogen and oxygen atoms in total. The molecule has 0 amide bonds. The van der Waals surface area contributed by atoms with E-state index in [1.54, 1.807) is 7.11 Å². The molecule has 0 aliphatic rings. The highest BCUT2D eigenvalue weighted by Crippen LogP contribution is 2.33. The zero-order valence-corrected chi connectivity index (χ0v) is 10.7. The van der Waals surface area contributed by atoms with Crippen LogP contribution in [0, 0.1) is 10.6 Å². The number of para-hydroxylation sites is 1. The van der Waals surface area contributed by atoms with Gasteiger partial charge in [0.05, 0.1) is 7.11 Å². The predicted molar refractivity (Wildman–Crippen MR) is 68.0 cm³/mol. The topological polar surface area (TPSA) is 37.9 Å². The van der Waals surface area contributed by atoms with Crippen molar-refractivity contribution in [2.45, 2.75) is 6.92 Å². The van der Waals surface area contributed by atoms with Crippen molar-refractivity contribution < 1.29 is 4.74 Å². The third kappa shape index (κ3) is 1.86. The molecule has 1 aromatic heterocycles. The van der Waals surface area contributed by atoms with Gasteiger partial charge in [0, 0.05) is 16.8 Å². The van der Waals surface area contributed by atoms with Crippen LogP contribution < -0.4 is 4.74 Å². The number of aromatic amines is 1. The van der Waals surface area contributed by atoms with E-state index in [-0.39, 0.29) is 0 Å². The lowest BCUT2D eigenvalue weighted by atomic mass is 10.1. The molecule has 4 heteroatoms. The molecule has 0 aliphatic carbocycles. The van der Waals surface area contributed by atoms with Gasteiger partial charge in [0.25, 0.3) is 0 Å². The van der Waals surface area contributed by atoms with Crippen LogP contribution >= 0.6 is 22.6 Å². The van der Waals surface area contributed by atoms with Crippen molar-refractivity contribution in [3.63, 3.8) is 0 Å². The van der Waals surface area contributed by atoms with E-state index in [9.17, 15) is 0 Å². The molecule has 2 aromatic rings. The maximum atomic E-state index is 5.33. The summed E-state index contributed by atoms with van der Waals surface area (Å²) in [6.45, 7) is 2.01. The molecule has 0 saturated carbocycles. The molecule has 0 radical (unpaired) electrons. The first kappa shape index (κ1) is 10.5. The summed E-state index contributed by atoms with van der Waals surface area (Å²) in [4.78, 5) is 0. The first-order valence-corrected chi connectivity index (χ1v) is 5.65. The van der Waals surface area contributed by atoms with Crippen molar-refractivity contribution in [1.82, 2.24) is 10.2 Å². The Labute approximate surface area is 102 Å². The lowest BCUT2D eigenvalue weighted by Gasteiger charge is -2.07. The van der Waals surface area contributed by atoms with Gasteiger partial charge in [-0.05, 0) is 35.6 Å². The number of ether oxygens (including phenoxy) is 1. The van der Waals surface area contributed by atoms with Crippen molar-refractivity contribution in [2.24, 2.45) is 0 Å². The Morgan fingerprint density at radius 3 is 2.67 bits per heavy atom. The number of methoxy groups -OCH3 is 1. The van der Waals surface area contributed by atoms with Crippen molar-refractivity contribution in [2.75, 3.05) is 7.11 Å². The second-order valence-corrected chi connectivity index (χ2v) is 4.24. The maximum Gasteiger partial charge on any atom is 0.131 e. The van der Waals surface area contributed by atoms with Crippen LogP contribution in [0.1, 0.15) is 5.69 Å². The molecule has 0 spiro atoms. The zero-order chi connectivity index (χ0) is 10.8. The van der Waals surface area contributed by atoms with Gasteiger partial charge in [-0.1, -0.05) is 18.2 Å². The fraction of sp³-hybridized carbons (Fsp3) is 0.182. The molecule has 0 saturated heterocycles. The number of aromatic nitrogens is 2. The summed E-state index contributed by atoms with van der Waals surface area (Å²) in [5.41, 5.74) is 3.26. The normalized spacial score (nSPS) is 10.3. The average Bonchev–Trinajstić information content (AvgIpc) is 2.59. The summed E-state index contributed by atoms with van der Waals surface area (Å²) in [6, 6.07) is 7.96. The third-order valence-electron chi connectivity index (χ3n) is 2.28. The summed E-state index contributed by atoms with van der Waals surface area (Å²) < 4.78 is 6.30. The van der Waals surface area contributed by atoms with E-state index in [0.29, 0.717) is 0 Å². The Morgan fingerprint density at radius 1 is 1.33 bits per heavy atom. The van der Waals surface area contributed by atoms with Crippen molar-refractivity contribution in [3.8, 4) is 16.9 Å². The van der Waals surface area contributed by atoms with Crippen LogP contribution in [0.5, 0.6) is 5.75 Å². The lowest BCUT2D eigenvalue weighted by molar-refractivity contribution is 0.416. The summed E-state index contributed by atoms with van der Waals surface area (Å²) in [5, 5.41) is 7.15. The van der Waals surface area contributed by atoms with Gasteiger partial charge in [0.2, 0.25) is 0 Å². The van der Waals surface area contributed by atoms with Crippen LogP contribution in [0.4, 0.5) is 0 Å². The third-order valence-corrected chi connectivity index (χ3v) is 3.06. The number of nitrogens with one attached hydrogen (secondary N) is 1. The highest BCUT2D eigenvalue weighted by Gasteiger charge is 2.13. The van der Waals surface area contributed by atoms with Gasteiger partial charge in [-0.2, -0.15) is 5.10 Å². The molecule has 0 unspecified atom stereocenters. The van der Waals surface area contributed by atoms with E-state index in [2.05, 4.69) is 32.8 Å². The van der Waals surface area contributed by atoms with E-state index in [4.69, 9.17) is 4.74 Å². The fourth-order valence-corrected chi connectivity index (χ4v) is 2.38. The molecule has 0 aliphatic heterocycles. The Kier molecular flexibility index (Phi) is 2.95. The molecule has 1 N–H and O–H groups in total. The SMILES string of the molecule is COc1ccccc1-c1c(I)n[nH]c1C. The maximum absolute atomic E-state index is 5.33. The second kappa shape index (κ2) is 4.22. The fourth-order valence-electron chi connectivity index (χ4n) is 1.56. The summed E-state index contributed by atoms with van der Waals surface area (Å²) in [6.07, 6.45) is 0. The Balaban J connectivity index is 2.63. The number of halogens is 1. The Hall–Kier alpha value is -1.04. The number of nitrogens with zero attached hydrogens (tertiary/aromatic N) is 1. The zero-order valence-electron chi connectivity index (χ0n) is 8.54. The van der Waals surface area contributed by atoms with Crippen LogP contribution in [0.3, 0.4) is 0 Å². The smallest absolute Gasteiger partial charge is 0.131 e. The van der Waals surface area contributed by atoms with Crippen LogP contribution in [0.25, 0.3) is 11.1 Å². The number of benzene rings is 1. The van der Waals surface area contributed by atoms with Gasteiger partial charge in [-0.3, -0.25) is 5.10 Å². The lowest BCUT2D eigenvalue weighted by Crippen LogP contribution is -1.89. The Morgan fingerprint density at radius 2 is 2.07 bits per heavy atom. The molecule has 1 aromatic carbocycles. The molecular weight excluding hydrogens is 303 g/mol. The standard InChI is InChI=1S/C11H11IN2O/c1-7-10(11(12)14-13-7)8-5-3-4-6-9(8)15-2/h3-6H,1-2H3,(H,13,14). The van der Waals surface area contributed by atoms with E-state index < -0.39 is 0 Å². The summed E-state index contributed by atoms with van der Waals surface area (Å²) >= 11 is 2.22. The van der Waals surface area contributed by atoms with Gasteiger partial charge in [0.1, 0.15) is 9.45 Å². The van der Waals surface area contributed by atoms with Crippen LogP contribution in [0.2, 0.25) is 0 Å². The minimum atomic E-state index is 0.875. The molecular formula is C11H11IN2O. The molecule has 1 heterocycles. The van der Waals surface area contributed by atoms with Gasteiger partial charge < -0.3 is 4.74 Å². The number of H-pyrrole nitrogens is 1. The highest BCUT2D eigenvalue weighted by atomic mass is 127.